The lowest BCUT2D eigenvalue weighted by molar-refractivity contribution is -0.249. The van der Waals surface area contributed by atoms with Crippen molar-refractivity contribution in [1.29, 1.82) is 0 Å². The van der Waals surface area contributed by atoms with Gasteiger partial charge in [-0.15, -0.1) is 0 Å². The smallest absolute Gasteiger partial charge is 0.424 e. The predicted molar refractivity (Wildman–Crippen MR) is 109 cm³/mol. The highest BCUT2D eigenvalue weighted by Crippen LogP contribution is 2.41. The number of methoxy groups -OCH3 is 1. The Balaban J connectivity index is 1.88. The molecule has 0 fully saturated rings. The minimum absolute atomic E-state index is 0.0517. The van der Waals surface area contributed by atoms with Crippen molar-refractivity contribution in [3.63, 3.8) is 0 Å². The SMILES string of the molecule is [2H]C([2H])([2H])Oc1cnc(C(=O)Nc2ccc(F)c(C3(C)COC(C)(C(F)(F)F)C(N)=N3)c2)c(C)c1. The standard InChI is InChI=1S/C21H22F4N4O3/c1-11-7-13(31-4)9-27-16(11)17(30)28-12-5-6-15(22)14(8-12)19(2)10-32-20(3,18(26)29-19)21(23,24)25/h5-9H,10H2,1-4H3,(H2,26,29)(H,28,30)/i4D3. The molecule has 2 aromatic rings. The molecule has 0 saturated heterocycles. The number of aromatic nitrogens is 1. The van der Waals surface area contributed by atoms with E-state index in [1.165, 1.54) is 32.0 Å². The van der Waals surface area contributed by atoms with Gasteiger partial charge >= 0.3 is 6.18 Å². The van der Waals surface area contributed by atoms with Crippen LogP contribution in [0.5, 0.6) is 5.75 Å². The number of carbonyl (C=O) groups is 1. The van der Waals surface area contributed by atoms with E-state index >= 15 is 0 Å². The van der Waals surface area contributed by atoms with E-state index in [1.807, 2.05) is 0 Å². The summed E-state index contributed by atoms with van der Waals surface area (Å²) in [5, 5.41) is 2.52. The van der Waals surface area contributed by atoms with Crippen LogP contribution in [0.25, 0.3) is 0 Å². The number of pyridine rings is 1. The molecule has 32 heavy (non-hydrogen) atoms. The van der Waals surface area contributed by atoms with Gasteiger partial charge in [-0.25, -0.2) is 9.37 Å². The largest absolute Gasteiger partial charge is 0.495 e. The van der Waals surface area contributed by atoms with E-state index in [9.17, 15) is 22.4 Å². The fourth-order valence-electron chi connectivity index (χ4n) is 3.18. The van der Waals surface area contributed by atoms with Gasteiger partial charge < -0.3 is 20.5 Å². The fourth-order valence-corrected chi connectivity index (χ4v) is 3.18. The quantitative estimate of drug-likeness (QED) is 0.682. The number of aliphatic imine (C=N–C) groups is 1. The molecule has 2 unspecified atom stereocenters. The van der Waals surface area contributed by atoms with Gasteiger partial charge in [0.1, 0.15) is 28.6 Å². The third-order valence-corrected chi connectivity index (χ3v) is 5.23. The zero-order valence-corrected chi connectivity index (χ0v) is 17.3. The number of anilines is 1. The Labute approximate surface area is 185 Å². The number of nitrogens with two attached hydrogens (primary N) is 1. The van der Waals surface area contributed by atoms with Crippen LogP contribution in [-0.2, 0) is 10.3 Å². The molecular formula is C21H22F4N4O3. The molecule has 0 saturated carbocycles. The summed E-state index contributed by atoms with van der Waals surface area (Å²) in [7, 11) is -2.69. The number of rotatable bonds is 4. The monoisotopic (exact) mass is 457 g/mol. The molecule has 1 aliphatic heterocycles. The van der Waals surface area contributed by atoms with E-state index in [-0.39, 0.29) is 22.7 Å². The molecule has 0 bridgehead atoms. The topological polar surface area (TPSA) is 98.8 Å². The van der Waals surface area contributed by atoms with Crippen molar-refractivity contribution >= 4 is 17.4 Å². The summed E-state index contributed by atoms with van der Waals surface area (Å²) in [4.78, 5) is 20.6. The Hall–Kier alpha value is -3.21. The fraction of sp³-hybridized carbons (Fsp3) is 0.381. The second kappa shape index (κ2) is 8.05. The van der Waals surface area contributed by atoms with Crippen molar-refractivity contribution in [2.75, 3.05) is 19.0 Å². The highest BCUT2D eigenvalue weighted by atomic mass is 19.4. The van der Waals surface area contributed by atoms with Gasteiger partial charge in [0.15, 0.2) is 0 Å². The van der Waals surface area contributed by atoms with Gasteiger partial charge in [-0.05, 0) is 50.6 Å². The number of amides is 1. The van der Waals surface area contributed by atoms with Crippen LogP contribution in [0.3, 0.4) is 0 Å². The van der Waals surface area contributed by atoms with Crippen molar-refractivity contribution in [3.05, 3.63) is 53.1 Å². The number of aryl methyl sites for hydroxylation is 1. The number of amidine groups is 1. The van der Waals surface area contributed by atoms with Crippen molar-refractivity contribution in [3.8, 4) is 5.75 Å². The first-order valence-electron chi connectivity index (χ1n) is 10.8. The number of halogens is 4. The Kier molecular flexibility index (Phi) is 4.90. The number of ether oxygens (including phenoxy) is 2. The van der Waals surface area contributed by atoms with Crippen molar-refractivity contribution < 1.29 is 35.9 Å². The van der Waals surface area contributed by atoms with Gasteiger partial charge in [-0.2, -0.15) is 13.2 Å². The summed E-state index contributed by atoms with van der Waals surface area (Å²) in [5.74, 6) is -2.40. The second-order valence-corrected chi connectivity index (χ2v) is 7.68. The van der Waals surface area contributed by atoms with Gasteiger partial charge in [0.25, 0.3) is 5.91 Å². The Morgan fingerprint density at radius 2 is 2.06 bits per heavy atom. The average molecular weight is 457 g/mol. The van der Waals surface area contributed by atoms with Crippen LogP contribution >= 0.6 is 0 Å². The molecule has 172 valence electrons. The molecule has 0 radical (unpaired) electrons. The second-order valence-electron chi connectivity index (χ2n) is 7.68. The number of hydrogen-bond donors (Lipinski definition) is 2. The zero-order valence-electron chi connectivity index (χ0n) is 20.3. The summed E-state index contributed by atoms with van der Waals surface area (Å²) >= 11 is 0. The third kappa shape index (κ3) is 4.12. The van der Waals surface area contributed by atoms with E-state index in [0.717, 1.165) is 19.2 Å². The normalized spacial score (nSPS) is 25.2. The predicted octanol–water partition coefficient (Wildman–Crippen LogP) is 3.71. The Bertz CT molecular complexity index is 1190. The Morgan fingerprint density at radius 3 is 2.66 bits per heavy atom. The molecule has 0 aliphatic carbocycles. The lowest BCUT2D eigenvalue weighted by atomic mass is 9.89. The molecule has 11 heteroatoms. The van der Waals surface area contributed by atoms with Gasteiger partial charge in [-0.1, -0.05) is 0 Å². The molecule has 0 spiro atoms. The zero-order chi connectivity index (χ0) is 26.4. The van der Waals surface area contributed by atoms with Crippen molar-refractivity contribution in [2.45, 2.75) is 38.1 Å². The average Bonchev–Trinajstić information content (AvgIpc) is 2.70. The molecule has 2 heterocycles. The number of nitrogens with one attached hydrogen (secondary N) is 1. The first kappa shape index (κ1) is 19.5. The highest BCUT2D eigenvalue weighted by molar-refractivity contribution is 6.04. The van der Waals surface area contributed by atoms with E-state index in [4.69, 9.17) is 19.3 Å². The van der Waals surface area contributed by atoms with Gasteiger partial charge in [0.05, 0.1) is 24.0 Å². The molecule has 1 amide bonds. The van der Waals surface area contributed by atoms with Crippen LogP contribution < -0.4 is 15.8 Å². The van der Waals surface area contributed by atoms with Gasteiger partial charge in [-0.3, -0.25) is 9.79 Å². The number of nitrogens with zero attached hydrogens (tertiary/aromatic N) is 2. The van der Waals surface area contributed by atoms with E-state index < -0.39 is 48.5 Å². The molecule has 1 aliphatic rings. The summed E-state index contributed by atoms with van der Waals surface area (Å²) < 4.78 is 85.9. The number of carbonyl (C=O) groups excluding carboxylic acids is 1. The van der Waals surface area contributed by atoms with E-state index in [0.29, 0.717) is 5.56 Å². The van der Waals surface area contributed by atoms with Crippen LogP contribution in [0, 0.1) is 12.7 Å². The van der Waals surface area contributed by atoms with Crippen LogP contribution in [0.4, 0.5) is 23.2 Å². The molecule has 1 aromatic heterocycles. The van der Waals surface area contributed by atoms with Crippen molar-refractivity contribution in [2.24, 2.45) is 10.7 Å². The molecule has 2 atom stereocenters. The number of alkyl halides is 3. The summed E-state index contributed by atoms with van der Waals surface area (Å²) in [5.41, 5.74) is 1.39. The van der Waals surface area contributed by atoms with Gasteiger partial charge in [0.2, 0.25) is 5.60 Å². The van der Waals surface area contributed by atoms with Crippen LogP contribution in [0.15, 0.2) is 35.5 Å². The summed E-state index contributed by atoms with van der Waals surface area (Å²) in [6.45, 7) is 2.99. The first-order chi connectivity index (χ1) is 15.9. The highest BCUT2D eigenvalue weighted by Gasteiger charge is 2.59. The minimum atomic E-state index is -4.83. The minimum Gasteiger partial charge on any atom is -0.495 e. The maximum Gasteiger partial charge on any atom is 0.424 e. The molecule has 1 aromatic carbocycles. The molecule has 3 N–H and O–H groups in total. The lowest BCUT2D eigenvalue weighted by Gasteiger charge is -2.41. The van der Waals surface area contributed by atoms with E-state index in [2.05, 4.69) is 15.3 Å². The summed E-state index contributed by atoms with van der Waals surface area (Å²) in [6.07, 6.45) is -3.76. The maximum atomic E-state index is 14.7. The van der Waals surface area contributed by atoms with Crippen LogP contribution in [0.1, 0.15) is 39.6 Å². The summed E-state index contributed by atoms with van der Waals surface area (Å²) in [6, 6.07) is 4.80. The van der Waals surface area contributed by atoms with Crippen LogP contribution in [-0.4, -0.2) is 42.1 Å². The first-order valence-corrected chi connectivity index (χ1v) is 9.29. The van der Waals surface area contributed by atoms with E-state index in [1.54, 1.807) is 0 Å². The molecular weight excluding hydrogens is 432 g/mol. The van der Waals surface area contributed by atoms with Gasteiger partial charge in [0, 0.05) is 11.3 Å². The Morgan fingerprint density at radius 1 is 1.34 bits per heavy atom. The lowest BCUT2D eigenvalue weighted by Crippen LogP contribution is -2.60. The number of benzene rings is 1. The maximum absolute atomic E-state index is 14.7. The third-order valence-electron chi connectivity index (χ3n) is 5.23. The molecule has 7 nitrogen and oxygen atoms in total. The number of hydrogen-bond acceptors (Lipinski definition) is 6. The van der Waals surface area contributed by atoms with Crippen molar-refractivity contribution in [1.82, 2.24) is 4.98 Å². The molecule has 3 rings (SSSR count). The van der Waals surface area contributed by atoms with Crippen LogP contribution in [0.2, 0.25) is 0 Å².